The van der Waals surface area contributed by atoms with Crippen molar-refractivity contribution in [1.29, 1.82) is 0 Å². The van der Waals surface area contributed by atoms with Crippen LogP contribution in [-0.4, -0.2) is 35.6 Å². The lowest BCUT2D eigenvalue weighted by molar-refractivity contribution is -0.135. The summed E-state index contributed by atoms with van der Waals surface area (Å²) in [6.45, 7) is 1.20. The number of urea groups is 1. The number of nitrogens with one attached hydrogen (secondary N) is 1. The minimum Gasteiger partial charge on any atom is -0.480 e. The molecule has 98 valence electrons. The van der Waals surface area contributed by atoms with Crippen molar-refractivity contribution < 1.29 is 19.1 Å². The van der Waals surface area contributed by atoms with Crippen LogP contribution in [0.2, 0.25) is 0 Å². The van der Waals surface area contributed by atoms with Crippen LogP contribution >= 0.6 is 0 Å². The van der Waals surface area contributed by atoms with Gasteiger partial charge in [0.05, 0.1) is 6.04 Å². The van der Waals surface area contributed by atoms with Crippen LogP contribution in [0.5, 0.6) is 0 Å². The Morgan fingerprint density at radius 3 is 2.61 bits per heavy atom. The van der Waals surface area contributed by atoms with Crippen molar-refractivity contribution in [3.8, 4) is 0 Å². The van der Waals surface area contributed by atoms with Crippen molar-refractivity contribution in [2.45, 2.75) is 13.0 Å². The first-order chi connectivity index (χ1) is 8.43. The Bertz CT molecular complexity index is 451. The maximum Gasteiger partial charge on any atom is 0.323 e. The van der Waals surface area contributed by atoms with Crippen molar-refractivity contribution in [1.82, 2.24) is 10.2 Å². The van der Waals surface area contributed by atoms with Crippen LogP contribution in [0.1, 0.15) is 18.5 Å². The fourth-order valence-electron chi connectivity index (χ4n) is 1.47. The van der Waals surface area contributed by atoms with E-state index in [0.717, 1.165) is 0 Å². The second-order valence-electron chi connectivity index (χ2n) is 3.86. The molecule has 1 aromatic rings. The molecule has 0 radical (unpaired) electrons. The average molecular weight is 254 g/mol. The van der Waals surface area contributed by atoms with Crippen molar-refractivity contribution in [3.63, 3.8) is 0 Å². The average Bonchev–Trinajstić information content (AvgIpc) is 2.34. The van der Waals surface area contributed by atoms with Crippen molar-refractivity contribution >= 4 is 12.0 Å². The summed E-state index contributed by atoms with van der Waals surface area (Å²) in [6, 6.07) is 5.09. The number of carboxylic acid groups (broad SMARTS) is 1. The Hall–Kier alpha value is -2.11. The molecule has 6 heteroatoms. The first-order valence-corrected chi connectivity index (χ1v) is 5.40. The SMILES string of the molecule is CC(c1ccccc1F)N(C)C(=O)NCC(=O)O. The summed E-state index contributed by atoms with van der Waals surface area (Å²) in [6.07, 6.45) is 0. The van der Waals surface area contributed by atoms with E-state index in [1.807, 2.05) is 0 Å². The van der Waals surface area contributed by atoms with E-state index in [-0.39, 0.29) is 0 Å². The van der Waals surface area contributed by atoms with Crippen LogP contribution in [0.3, 0.4) is 0 Å². The molecule has 1 aromatic carbocycles. The summed E-state index contributed by atoms with van der Waals surface area (Å²) in [5.41, 5.74) is 0.380. The van der Waals surface area contributed by atoms with Crippen LogP contribution < -0.4 is 5.32 Å². The second-order valence-corrected chi connectivity index (χ2v) is 3.86. The molecule has 0 aliphatic heterocycles. The molecular formula is C12H15FN2O3. The van der Waals surface area contributed by atoms with Gasteiger partial charge in [-0.05, 0) is 13.0 Å². The Labute approximate surface area is 104 Å². The number of carboxylic acids is 1. The summed E-state index contributed by atoms with van der Waals surface area (Å²) in [7, 11) is 1.48. The monoisotopic (exact) mass is 254 g/mol. The van der Waals surface area contributed by atoms with Gasteiger partial charge in [-0.25, -0.2) is 9.18 Å². The zero-order valence-electron chi connectivity index (χ0n) is 10.2. The lowest BCUT2D eigenvalue weighted by Gasteiger charge is -2.25. The molecule has 0 aliphatic carbocycles. The van der Waals surface area contributed by atoms with Crippen molar-refractivity contribution in [2.75, 3.05) is 13.6 Å². The number of carbonyl (C=O) groups is 2. The van der Waals surface area contributed by atoms with Gasteiger partial charge in [-0.15, -0.1) is 0 Å². The lowest BCUT2D eigenvalue weighted by atomic mass is 10.1. The fraction of sp³-hybridized carbons (Fsp3) is 0.333. The zero-order valence-corrected chi connectivity index (χ0v) is 10.2. The summed E-state index contributed by atoms with van der Waals surface area (Å²) in [5.74, 6) is -1.53. The van der Waals surface area contributed by atoms with Gasteiger partial charge in [0.1, 0.15) is 12.4 Å². The van der Waals surface area contributed by atoms with Gasteiger partial charge in [0, 0.05) is 12.6 Å². The Balaban J connectivity index is 2.72. The minimum atomic E-state index is -1.13. The third-order valence-corrected chi connectivity index (χ3v) is 2.65. The molecule has 0 fully saturated rings. The summed E-state index contributed by atoms with van der Waals surface area (Å²) in [4.78, 5) is 23.2. The quantitative estimate of drug-likeness (QED) is 0.857. The lowest BCUT2D eigenvalue weighted by Crippen LogP contribution is -2.41. The highest BCUT2D eigenvalue weighted by molar-refractivity contribution is 5.80. The predicted molar refractivity (Wildman–Crippen MR) is 63.6 cm³/mol. The molecule has 1 atom stereocenters. The number of benzene rings is 1. The summed E-state index contributed by atoms with van der Waals surface area (Å²) < 4.78 is 13.5. The Morgan fingerprint density at radius 2 is 2.06 bits per heavy atom. The Kier molecular flexibility index (Phi) is 4.65. The van der Waals surface area contributed by atoms with Crippen molar-refractivity contribution in [3.05, 3.63) is 35.6 Å². The van der Waals surface area contributed by atoms with E-state index in [4.69, 9.17) is 5.11 Å². The van der Waals surface area contributed by atoms with Gasteiger partial charge in [0.15, 0.2) is 0 Å². The molecule has 2 amide bonds. The number of hydrogen-bond acceptors (Lipinski definition) is 2. The molecule has 1 rings (SSSR count). The zero-order chi connectivity index (χ0) is 13.7. The topological polar surface area (TPSA) is 69.6 Å². The van der Waals surface area contributed by atoms with Gasteiger partial charge in [-0.3, -0.25) is 4.79 Å². The molecule has 2 N–H and O–H groups in total. The van der Waals surface area contributed by atoms with Crippen molar-refractivity contribution in [2.24, 2.45) is 0 Å². The molecule has 0 spiro atoms. The first kappa shape index (κ1) is 14.0. The van der Waals surface area contributed by atoms with E-state index in [2.05, 4.69) is 5.32 Å². The summed E-state index contributed by atoms with van der Waals surface area (Å²) in [5, 5.41) is 10.7. The fourth-order valence-corrected chi connectivity index (χ4v) is 1.47. The third kappa shape index (κ3) is 3.44. The standard InChI is InChI=1S/C12H15FN2O3/c1-8(9-5-3-4-6-10(9)13)15(2)12(18)14-7-11(16)17/h3-6,8H,7H2,1-2H3,(H,14,18)(H,16,17). The van der Waals surface area contributed by atoms with E-state index in [9.17, 15) is 14.0 Å². The van der Waals surface area contributed by atoms with Gasteiger partial charge >= 0.3 is 12.0 Å². The first-order valence-electron chi connectivity index (χ1n) is 5.40. The van der Waals surface area contributed by atoms with Crippen LogP contribution in [0.4, 0.5) is 9.18 Å². The molecule has 0 heterocycles. The number of carbonyl (C=O) groups excluding carboxylic acids is 1. The molecule has 5 nitrogen and oxygen atoms in total. The molecule has 0 saturated heterocycles. The third-order valence-electron chi connectivity index (χ3n) is 2.65. The highest BCUT2D eigenvalue weighted by atomic mass is 19.1. The maximum atomic E-state index is 13.5. The molecular weight excluding hydrogens is 239 g/mol. The molecule has 0 saturated carbocycles. The molecule has 1 unspecified atom stereocenters. The number of aliphatic carboxylic acids is 1. The number of amides is 2. The normalized spacial score (nSPS) is 11.7. The summed E-state index contributed by atoms with van der Waals surface area (Å²) >= 11 is 0. The smallest absolute Gasteiger partial charge is 0.323 e. The predicted octanol–water partition coefficient (Wildman–Crippen LogP) is 1.61. The van der Waals surface area contributed by atoms with Gasteiger partial charge < -0.3 is 15.3 Å². The number of rotatable bonds is 4. The van der Waals surface area contributed by atoms with Gasteiger partial charge in [-0.2, -0.15) is 0 Å². The number of halogens is 1. The second kappa shape index (κ2) is 6.00. The maximum absolute atomic E-state index is 13.5. The molecule has 18 heavy (non-hydrogen) atoms. The molecule has 0 aliphatic rings. The van der Waals surface area contributed by atoms with E-state index in [1.165, 1.54) is 18.0 Å². The largest absolute Gasteiger partial charge is 0.480 e. The molecule has 0 aromatic heterocycles. The highest BCUT2D eigenvalue weighted by Gasteiger charge is 2.19. The Morgan fingerprint density at radius 1 is 1.44 bits per heavy atom. The van der Waals surface area contributed by atoms with Gasteiger partial charge in [0.2, 0.25) is 0 Å². The van der Waals surface area contributed by atoms with Crippen LogP contribution in [0, 0.1) is 5.82 Å². The number of nitrogens with zero attached hydrogens (tertiary/aromatic N) is 1. The molecule has 0 bridgehead atoms. The van der Waals surface area contributed by atoms with E-state index in [1.54, 1.807) is 25.1 Å². The van der Waals surface area contributed by atoms with Gasteiger partial charge in [-0.1, -0.05) is 18.2 Å². The van der Waals surface area contributed by atoms with E-state index >= 15 is 0 Å². The van der Waals surface area contributed by atoms with Crippen LogP contribution in [0.15, 0.2) is 24.3 Å². The minimum absolute atomic E-state index is 0.380. The van der Waals surface area contributed by atoms with Gasteiger partial charge in [0.25, 0.3) is 0 Å². The van der Waals surface area contributed by atoms with E-state index < -0.39 is 30.4 Å². The van der Waals surface area contributed by atoms with Crippen LogP contribution in [-0.2, 0) is 4.79 Å². The number of hydrogen-bond donors (Lipinski definition) is 2. The van der Waals surface area contributed by atoms with E-state index in [0.29, 0.717) is 5.56 Å². The highest BCUT2D eigenvalue weighted by Crippen LogP contribution is 2.21. The van der Waals surface area contributed by atoms with Crippen LogP contribution in [0.25, 0.3) is 0 Å².